The zero-order chi connectivity index (χ0) is 12.8. The normalized spacial score (nSPS) is 20.9. The first-order valence-electron chi connectivity index (χ1n) is 6.87. The highest BCUT2D eigenvalue weighted by Gasteiger charge is 2.15. The molecule has 2 rings (SSSR count). The van der Waals surface area contributed by atoms with Crippen LogP contribution in [-0.4, -0.2) is 25.9 Å². The van der Waals surface area contributed by atoms with Crippen LogP contribution in [0.4, 0.5) is 0 Å². The molecule has 1 heterocycles. The molecule has 1 aromatic rings. The second-order valence-electron chi connectivity index (χ2n) is 4.79. The molecule has 1 aromatic carbocycles. The molecule has 1 aliphatic rings. The Bertz CT molecular complexity index is 344. The van der Waals surface area contributed by atoms with Crippen LogP contribution >= 0.6 is 0 Å². The molecule has 1 N–H and O–H groups in total. The molecule has 100 valence electrons. The van der Waals surface area contributed by atoms with Gasteiger partial charge in [-0.15, -0.1) is 0 Å². The maximum absolute atomic E-state index is 5.74. The molecule has 2 atom stereocenters. The fourth-order valence-electron chi connectivity index (χ4n) is 2.24. The molecule has 0 aromatic heterocycles. The summed E-state index contributed by atoms with van der Waals surface area (Å²) >= 11 is 0. The van der Waals surface area contributed by atoms with Gasteiger partial charge in [0.1, 0.15) is 12.4 Å². The van der Waals surface area contributed by atoms with Gasteiger partial charge in [0.15, 0.2) is 0 Å². The van der Waals surface area contributed by atoms with Crippen molar-refractivity contribution in [2.75, 3.05) is 19.8 Å². The van der Waals surface area contributed by atoms with E-state index in [1.807, 2.05) is 12.1 Å². The summed E-state index contributed by atoms with van der Waals surface area (Å²) in [7, 11) is 0. The van der Waals surface area contributed by atoms with E-state index >= 15 is 0 Å². The summed E-state index contributed by atoms with van der Waals surface area (Å²) in [4.78, 5) is 0. The summed E-state index contributed by atoms with van der Waals surface area (Å²) in [5.74, 6) is 0.929. The first kappa shape index (κ1) is 13.4. The van der Waals surface area contributed by atoms with Crippen molar-refractivity contribution in [1.29, 1.82) is 0 Å². The van der Waals surface area contributed by atoms with Gasteiger partial charge in [-0.3, -0.25) is 0 Å². The third-order valence-corrected chi connectivity index (χ3v) is 3.35. The smallest absolute Gasteiger partial charge is 0.119 e. The largest absolute Gasteiger partial charge is 0.491 e. The summed E-state index contributed by atoms with van der Waals surface area (Å²) in [6, 6.07) is 8.72. The zero-order valence-corrected chi connectivity index (χ0v) is 11.3. The number of nitrogens with one attached hydrogen (secondary N) is 1. The van der Waals surface area contributed by atoms with Crippen molar-refractivity contribution in [2.45, 2.75) is 38.8 Å². The van der Waals surface area contributed by atoms with Crippen LogP contribution in [0.1, 0.15) is 38.3 Å². The number of hydrogen-bond donors (Lipinski definition) is 1. The van der Waals surface area contributed by atoms with Gasteiger partial charge in [0.25, 0.3) is 0 Å². The Kier molecular flexibility index (Phi) is 5.02. The predicted molar refractivity (Wildman–Crippen MR) is 73.0 cm³/mol. The molecule has 0 saturated carbocycles. The third kappa shape index (κ3) is 3.72. The molecule has 1 saturated heterocycles. The van der Waals surface area contributed by atoms with Gasteiger partial charge in [-0.25, -0.2) is 0 Å². The number of benzene rings is 1. The molecule has 3 heteroatoms. The molecule has 0 aliphatic carbocycles. The molecule has 0 amide bonds. The molecule has 18 heavy (non-hydrogen) atoms. The van der Waals surface area contributed by atoms with Crippen molar-refractivity contribution in [3.63, 3.8) is 0 Å². The van der Waals surface area contributed by atoms with Crippen molar-refractivity contribution < 1.29 is 9.47 Å². The molecular formula is C15H23NO2. The number of ether oxygens (including phenoxy) is 2. The van der Waals surface area contributed by atoms with E-state index in [9.17, 15) is 0 Å². The van der Waals surface area contributed by atoms with E-state index in [-0.39, 0.29) is 6.10 Å². The number of rotatable bonds is 6. The van der Waals surface area contributed by atoms with E-state index in [1.165, 1.54) is 5.56 Å². The Balaban J connectivity index is 1.83. The summed E-state index contributed by atoms with van der Waals surface area (Å²) in [5, 5.41) is 3.40. The van der Waals surface area contributed by atoms with Crippen molar-refractivity contribution in [3.8, 4) is 5.75 Å². The van der Waals surface area contributed by atoms with E-state index < -0.39 is 0 Å². The van der Waals surface area contributed by atoms with Crippen LogP contribution in [0.2, 0.25) is 0 Å². The van der Waals surface area contributed by atoms with Crippen molar-refractivity contribution in [3.05, 3.63) is 29.8 Å². The lowest BCUT2D eigenvalue weighted by molar-refractivity contribution is 0.0679. The Labute approximate surface area is 109 Å². The maximum atomic E-state index is 5.74. The fourth-order valence-corrected chi connectivity index (χ4v) is 2.24. The van der Waals surface area contributed by atoms with Crippen molar-refractivity contribution in [2.24, 2.45) is 0 Å². The Morgan fingerprint density at radius 2 is 2.17 bits per heavy atom. The summed E-state index contributed by atoms with van der Waals surface area (Å²) in [5.41, 5.74) is 1.29. The lowest BCUT2D eigenvalue weighted by Crippen LogP contribution is -2.18. The molecule has 1 fully saturated rings. The van der Waals surface area contributed by atoms with Crippen LogP contribution < -0.4 is 10.1 Å². The average Bonchev–Trinajstić information content (AvgIpc) is 2.90. The minimum absolute atomic E-state index is 0.283. The summed E-state index contributed by atoms with van der Waals surface area (Å²) in [6.45, 7) is 6.83. The van der Waals surface area contributed by atoms with Crippen LogP contribution in [0.25, 0.3) is 0 Å². The average molecular weight is 249 g/mol. The van der Waals surface area contributed by atoms with E-state index in [4.69, 9.17) is 9.47 Å². The first-order valence-corrected chi connectivity index (χ1v) is 6.87. The standard InChI is InChI=1S/C15H23NO2/c1-3-16-12(2)13-6-8-14(9-7-13)18-11-15-5-4-10-17-15/h6-9,12,15-16H,3-5,10-11H2,1-2H3. The van der Waals surface area contributed by atoms with Crippen molar-refractivity contribution >= 4 is 0 Å². The van der Waals surface area contributed by atoms with E-state index in [0.717, 1.165) is 31.7 Å². The van der Waals surface area contributed by atoms with E-state index in [2.05, 4.69) is 31.3 Å². The van der Waals surface area contributed by atoms with Crippen LogP contribution in [0.5, 0.6) is 5.75 Å². The second-order valence-corrected chi connectivity index (χ2v) is 4.79. The monoisotopic (exact) mass is 249 g/mol. The summed E-state index contributed by atoms with van der Waals surface area (Å²) in [6.07, 6.45) is 2.56. The first-order chi connectivity index (χ1) is 8.79. The highest BCUT2D eigenvalue weighted by molar-refractivity contribution is 5.28. The van der Waals surface area contributed by atoms with Gasteiger partial charge in [-0.1, -0.05) is 19.1 Å². The Hall–Kier alpha value is -1.06. The molecular weight excluding hydrogens is 226 g/mol. The quantitative estimate of drug-likeness (QED) is 0.841. The molecule has 0 spiro atoms. The molecule has 3 nitrogen and oxygen atoms in total. The van der Waals surface area contributed by atoms with Gasteiger partial charge >= 0.3 is 0 Å². The molecule has 1 aliphatic heterocycles. The highest BCUT2D eigenvalue weighted by atomic mass is 16.5. The number of hydrogen-bond acceptors (Lipinski definition) is 3. The zero-order valence-electron chi connectivity index (χ0n) is 11.3. The van der Waals surface area contributed by atoms with Crippen molar-refractivity contribution in [1.82, 2.24) is 5.32 Å². The molecule has 2 unspecified atom stereocenters. The summed E-state index contributed by atoms with van der Waals surface area (Å²) < 4.78 is 11.3. The predicted octanol–water partition coefficient (Wildman–Crippen LogP) is 2.91. The van der Waals surface area contributed by atoms with Crippen LogP contribution in [0.3, 0.4) is 0 Å². The van der Waals surface area contributed by atoms with Gasteiger partial charge in [0, 0.05) is 12.6 Å². The van der Waals surface area contributed by atoms with Crippen LogP contribution in [0, 0.1) is 0 Å². The van der Waals surface area contributed by atoms with Gasteiger partial charge in [-0.2, -0.15) is 0 Å². The van der Waals surface area contributed by atoms with Crippen LogP contribution in [-0.2, 0) is 4.74 Å². The van der Waals surface area contributed by atoms with E-state index in [1.54, 1.807) is 0 Å². The maximum Gasteiger partial charge on any atom is 0.119 e. The van der Waals surface area contributed by atoms with Gasteiger partial charge in [0.2, 0.25) is 0 Å². The lowest BCUT2D eigenvalue weighted by atomic mass is 10.1. The van der Waals surface area contributed by atoms with Gasteiger partial charge < -0.3 is 14.8 Å². The minimum Gasteiger partial charge on any atom is -0.491 e. The minimum atomic E-state index is 0.283. The Morgan fingerprint density at radius 1 is 1.39 bits per heavy atom. The molecule has 0 radical (unpaired) electrons. The van der Waals surface area contributed by atoms with Crippen LogP contribution in [0.15, 0.2) is 24.3 Å². The Morgan fingerprint density at radius 3 is 2.78 bits per heavy atom. The SMILES string of the molecule is CCNC(C)c1ccc(OCC2CCCO2)cc1. The highest BCUT2D eigenvalue weighted by Crippen LogP contribution is 2.19. The topological polar surface area (TPSA) is 30.5 Å². The second kappa shape index (κ2) is 6.76. The lowest BCUT2D eigenvalue weighted by Gasteiger charge is -2.14. The molecule has 0 bridgehead atoms. The van der Waals surface area contributed by atoms with Gasteiger partial charge in [0.05, 0.1) is 6.10 Å². The third-order valence-electron chi connectivity index (χ3n) is 3.35. The van der Waals surface area contributed by atoms with E-state index in [0.29, 0.717) is 12.6 Å². The van der Waals surface area contributed by atoms with Gasteiger partial charge in [-0.05, 0) is 44.0 Å². The fraction of sp³-hybridized carbons (Fsp3) is 0.600.